The monoisotopic (exact) mass is 328 g/mol. The zero-order chi connectivity index (χ0) is 17.3. The standard InChI is InChI=1S/C19H40N2O2/c1-4-5-6-7-8-9-10-11-12-13-16-21-18(17(2)20-3)14-15-19(22)23/h17-18,20-21H,4-16H2,1-3H3,(H,22,23). The predicted octanol–water partition coefficient (Wildman–Crippen LogP) is 4.34. The van der Waals surface area contributed by atoms with E-state index >= 15 is 0 Å². The second-order valence-electron chi connectivity index (χ2n) is 6.75. The first-order valence-corrected chi connectivity index (χ1v) is 9.74. The summed E-state index contributed by atoms with van der Waals surface area (Å²) in [6, 6.07) is 0.548. The second-order valence-corrected chi connectivity index (χ2v) is 6.75. The van der Waals surface area contributed by atoms with Crippen LogP contribution in [-0.2, 0) is 4.79 Å². The number of carboxylic acid groups (broad SMARTS) is 1. The number of hydrogen-bond acceptors (Lipinski definition) is 3. The highest BCUT2D eigenvalue weighted by Crippen LogP contribution is 2.10. The molecular formula is C19H40N2O2. The lowest BCUT2D eigenvalue weighted by molar-refractivity contribution is -0.137. The topological polar surface area (TPSA) is 61.4 Å². The van der Waals surface area contributed by atoms with E-state index in [4.69, 9.17) is 5.11 Å². The van der Waals surface area contributed by atoms with Crippen LogP contribution in [0, 0.1) is 0 Å². The number of carbonyl (C=O) groups is 1. The molecule has 0 aromatic rings. The summed E-state index contributed by atoms with van der Waals surface area (Å²) < 4.78 is 0. The lowest BCUT2D eigenvalue weighted by Crippen LogP contribution is -2.45. The lowest BCUT2D eigenvalue weighted by Gasteiger charge is -2.24. The van der Waals surface area contributed by atoms with Gasteiger partial charge in [-0.25, -0.2) is 0 Å². The predicted molar refractivity (Wildman–Crippen MR) is 99.0 cm³/mol. The van der Waals surface area contributed by atoms with Gasteiger partial charge in [-0.3, -0.25) is 4.79 Å². The van der Waals surface area contributed by atoms with Crippen LogP contribution < -0.4 is 10.6 Å². The third kappa shape index (κ3) is 14.7. The molecule has 4 heteroatoms. The Balaban J connectivity index is 3.52. The van der Waals surface area contributed by atoms with Crippen LogP contribution >= 0.6 is 0 Å². The summed E-state index contributed by atoms with van der Waals surface area (Å²) >= 11 is 0. The van der Waals surface area contributed by atoms with Crippen molar-refractivity contribution >= 4 is 5.97 Å². The van der Waals surface area contributed by atoms with Crippen LogP contribution in [0.4, 0.5) is 0 Å². The van der Waals surface area contributed by atoms with Gasteiger partial charge in [0.1, 0.15) is 0 Å². The van der Waals surface area contributed by atoms with Gasteiger partial charge >= 0.3 is 5.97 Å². The van der Waals surface area contributed by atoms with Crippen LogP contribution in [0.3, 0.4) is 0 Å². The van der Waals surface area contributed by atoms with Crippen molar-refractivity contribution in [1.29, 1.82) is 0 Å². The smallest absolute Gasteiger partial charge is 0.303 e. The van der Waals surface area contributed by atoms with Crippen LogP contribution in [-0.4, -0.2) is 36.8 Å². The minimum absolute atomic E-state index is 0.238. The Bertz CT molecular complexity index is 272. The Hall–Kier alpha value is -0.610. The Kier molecular flexibility index (Phi) is 15.8. The van der Waals surface area contributed by atoms with Crippen LogP contribution in [0.25, 0.3) is 0 Å². The van der Waals surface area contributed by atoms with Gasteiger partial charge in [-0.15, -0.1) is 0 Å². The fraction of sp³-hybridized carbons (Fsp3) is 0.947. The lowest BCUT2D eigenvalue weighted by atomic mass is 10.0. The molecule has 0 saturated carbocycles. The van der Waals surface area contributed by atoms with Crippen molar-refractivity contribution in [2.75, 3.05) is 13.6 Å². The summed E-state index contributed by atoms with van der Waals surface area (Å²) in [5.41, 5.74) is 0. The van der Waals surface area contributed by atoms with Gasteiger partial charge in [-0.2, -0.15) is 0 Å². The van der Waals surface area contributed by atoms with Crippen LogP contribution in [0.1, 0.15) is 90.9 Å². The summed E-state index contributed by atoms with van der Waals surface area (Å²) in [5, 5.41) is 15.6. The molecule has 0 aromatic carbocycles. The quantitative estimate of drug-likeness (QED) is 0.348. The molecule has 4 nitrogen and oxygen atoms in total. The highest BCUT2D eigenvalue weighted by atomic mass is 16.4. The molecule has 138 valence electrons. The maximum atomic E-state index is 10.7. The van der Waals surface area contributed by atoms with Gasteiger partial charge < -0.3 is 15.7 Å². The minimum atomic E-state index is -0.709. The summed E-state index contributed by atoms with van der Waals surface area (Å²) in [6.45, 7) is 5.36. The number of likely N-dealkylation sites (N-methyl/N-ethyl adjacent to an activating group) is 1. The van der Waals surface area contributed by atoms with Gasteiger partial charge in [-0.1, -0.05) is 64.7 Å². The third-order valence-corrected chi connectivity index (χ3v) is 4.66. The highest BCUT2D eigenvalue weighted by molar-refractivity contribution is 5.66. The van der Waals surface area contributed by atoms with Gasteiger partial charge in [0, 0.05) is 18.5 Å². The molecule has 0 aliphatic carbocycles. The van der Waals surface area contributed by atoms with Crippen molar-refractivity contribution in [3.63, 3.8) is 0 Å². The van der Waals surface area contributed by atoms with E-state index in [1.165, 1.54) is 64.2 Å². The largest absolute Gasteiger partial charge is 0.481 e. The number of nitrogens with one attached hydrogen (secondary N) is 2. The number of rotatable bonds is 17. The normalized spacial score (nSPS) is 13.9. The fourth-order valence-electron chi connectivity index (χ4n) is 2.91. The van der Waals surface area contributed by atoms with E-state index in [-0.39, 0.29) is 12.5 Å². The van der Waals surface area contributed by atoms with Gasteiger partial charge in [0.05, 0.1) is 0 Å². The molecule has 0 radical (unpaired) electrons. The molecule has 0 rings (SSSR count). The maximum absolute atomic E-state index is 10.7. The van der Waals surface area contributed by atoms with Crippen molar-refractivity contribution < 1.29 is 9.90 Å². The van der Waals surface area contributed by atoms with Gasteiger partial charge in [0.15, 0.2) is 0 Å². The molecule has 3 N–H and O–H groups in total. The zero-order valence-electron chi connectivity index (χ0n) is 15.7. The third-order valence-electron chi connectivity index (χ3n) is 4.66. The molecule has 23 heavy (non-hydrogen) atoms. The Morgan fingerprint density at radius 3 is 1.96 bits per heavy atom. The van der Waals surface area contributed by atoms with E-state index in [1.54, 1.807) is 0 Å². The van der Waals surface area contributed by atoms with E-state index in [0.29, 0.717) is 12.5 Å². The molecule has 0 heterocycles. The maximum Gasteiger partial charge on any atom is 0.303 e. The van der Waals surface area contributed by atoms with E-state index in [0.717, 1.165) is 6.54 Å². The summed E-state index contributed by atoms with van der Waals surface area (Å²) in [5.74, 6) is -0.709. The molecule has 2 atom stereocenters. The van der Waals surface area contributed by atoms with Crippen molar-refractivity contribution in [3.8, 4) is 0 Å². The van der Waals surface area contributed by atoms with E-state index in [9.17, 15) is 4.79 Å². The summed E-state index contributed by atoms with van der Waals surface area (Å²) in [6.07, 6.45) is 14.4. The Morgan fingerprint density at radius 1 is 0.957 bits per heavy atom. The summed E-state index contributed by atoms with van der Waals surface area (Å²) in [4.78, 5) is 10.7. The first-order chi connectivity index (χ1) is 11.1. The second kappa shape index (κ2) is 16.3. The number of hydrogen-bond donors (Lipinski definition) is 3. The van der Waals surface area contributed by atoms with Crippen molar-refractivity contribution in [2.24, 2.45) is 0 Å². The molecule has 2 unspecified atom stereocenters. The average Bonchev–Trinajstić information content (AvgIpc) is 2.54. The molecule has 0 spiro atoms. The van der Waals surface area contributed by atoms with Crippen molar-refractivity contribution in [3.05, 3.63) is 0 Å². The van der Waals surface area contributed by atoms with Gasteiger partial charge in [-0.05, 0) is 33.4 Å². The molecule has 0 fully saturated rings. The molecule has 0 aromatic heterocycles. The summed E-state index contributed by atoms with van der Waals surface area (Å²) in [7, 11) is 1.93. The molecule has 0 saturated heterocycles. The minimum Gasteiger partial charge on any atom is -0.481 e. The van der Waals surface area contributed by atoms with Crippen LogP contribution in [0.15, 0.2) is 0 Å². The number of aliphatic carboxylic acids is 1. The molecule has 0 aliphatic heterocycles. The first-order valence-electron chi connectivity index (χ1n) is 9.74. The van der Waals surface area contributed by atoms with E-state index in [1.807, 2.05) is 7.05 Å². The Morgan fingerprint density at radius 2 is 1.48 bits per heavy atom. The molecule has 0 aliphatic rings. The molecular weight excluding hydrogens is 288 g/mol. The Labute approximate surface area is 143 Å². The van der Waals surface area contributed by atoms with Crippen molar-refractivity contribution in [2.45, 2.75) is 103 Å². The molecule has 0 bridgehead atoms. The van der Waals surface area contributed by atoms with Crippen LogP contribution in [0.2, 0.25) is 0 Å². The number of unbranched alkanes of at least 4 members (excludes halogenated alkanes) is 9. The van der Waals surface area contributed by atoms with Gasteiger partial charge in [0.2, 0.25) is 0 Å². The first kappa shape index (κ1) is 22.4. The highest BCUT2D eigenvalue weighted by Gasteiger charge is 2.15. The van der Waals surface area contributed by atoms with E-state index < -0.39 is 5.97 Å². The van der Waals surface area contributed by atoms with E-state index in [2.05, 4.69) is 24.5 Å². The average molecular weight is 329 g/mol. The zero-order valence-corrected chi connectivity index (χ0v) is 15.7. The number of carboxylic acids is 1. The van der Waals surface area contributed by atoms with Crippen LogP contribution in [0.5, 0.6) is 0 Å². The molecule has 0 amide bonds. The fourth-order valence-corrected chi connectivity index (χ4v) is 2.91. The SMILES string of the molecule is CCCCCCCCCCCCNC(CCC(=O)O)C(C)NC. The van der Waals surface area contributed by atoms with Gasteiger partial charge in [0.25, 0.3) is 0 Å². The van der Waals surface area contributed by atoms with Crippen molar-refractivity contribution in [1.82, 2.24) is 10.6 Å².